The molecule has 1 aromatic carbocycles. The van der Waals surface area contributed by atoms with E-state index in [0.29, 0.717) is 5.56 Å². The Morgan fingerprint density at radius 2 is 2.27 bits per heavy atom. The highest BCUT2D eigenvalue weighted by Gasteiger charge is 1.98. The van der Waals surface area contributed by atoms with Crippen molar-refractivity contribution in [1.82, 2.24) is 0 Å². The molecule has 0 bridgehead atoms. The summed E-state index contributed by atoms with van der Waals surface area (Å²) in [6, 6.07) is 7.47. The zero-order valence-corrected chi connectivity index (χ0v) is 7.21. The highest BCUT2D eigenvalue weighted by atomic mass is 32.1. The number of carbonyl (C=O) groups excluding carboxylic acids is 1. The molecule has 0 aliphatic carbocycles. The molecular formula is C9H10OS. The molecule has 1 aromatic rings. The summed E-state index contributed by atoms with van der Waals surface area (Å²) in [4.78, 5) is 10.4. The molecule has 0 aliphatic rings. The Hall–Kier alpha value is -0.760. The smallest absolute Gasteiger partial charge is 0.150 e. The summed E-state index contributed by atoms with van der Waals surface area (Å²) in [5, 5.41) is 0.190. The summed E-state index contributed by atoms with van der Waals surface area (Å²) in [5.41, 5.74) is 1.79. The SMILES string of the molecule is CC(S)c1cccc(C=O)c1. The van der Waals surface area contributed by atoms with E-state index < -0.39 is 0 Å². The molecule has 0 radical (unpaired) electrons. The second kappa shape index (κ2) is 3.58. The summed E-state index contributed by atoms with van der Waals surface area (Å²) in [6.07, 6.45) is 0.847. The highest BCUT2D eigenvalue weighted by molar-refractivity contribution is 7.80. The molecule has 0 aromatic heterocycles. The summed E-state index contributed by atoms with van der Waals surface area (Å²) in [7, 11) is 0. The van der Waals surface area contributed by atoms with Gasteiger partial charge >= 0.3 is 0 Å². The Kier molecular flexibility index (Phi) is 2.71. The third kappa shape index (κ3) is 2.09. The average molecular weight is 166 g/mol. The van der Waals surface area contributed by atoms with E-state index in [1.54, 1.807) is 6.07 Å². The molecule has 0 heterocycles. The zero-order chi connectivity index (χ0) is 8.27. The molecule has 0 saturated heterocycles. The Morgan fingerprint density at radius 1 is 1.55 bits per heavy atom. The molecule has 0 amide bonds. The second-order valence-corrected chi connectivity index (χ2v) is 3.24. The van der Waals surface area contributed by atoms with Crippen LogP contribution in [0.3, 0.4) is 0 Å². The van der Waals surface area contributed by atoms with E-state index in [1.165, 1.54) is 0 Å². The van der Waals surface area contributed by atoms with E-state index in [9.17, 15) is 4.79 Å². The fraction of sp³-hybridized carbons (Fsp3) is 0.222. The summed E-state index contributed by atoms with van der Waals surface area (Å²) in [5.74, 6) is 0. The number of hydrogen-bond donors (Lipinski definition) is 1. The van der Waals surface area contributed by atoms with Crippen molar-refractivity contribution < 1.29 is 4.79 Å². The molecule has 11 heavy (non-hydrogen) atoms. The fourth-order valence-corrected chi connectivity index (χ4v) is 1.05. The first kappa shape index (κ1) is 8.34. The van der Waals surface area contributed by atoms with Gasteiger partial charge in [-0.2, -0.15) is 12.6 Å². The van der Waals surface area contributed by atoms with Crippen LogP contribution in [-0.4, -0.2) is 6.29 Å². The van der Waals surface area contributed by atoms with E-state index in [2.05, 4.69) is 12.6 Å². The van der Waals surface area contributed by atoms with Crippen LogP contribution in [0.2, 0.25) is 0 Å². The largest absolute Gasteiger partial charge is 0.298 e. The van der Waals surface area contributed by atoms with Gasteiger partial charge in [-0.1, -0.05) is 18.2 Å². The predicted octanol–water partition coefficient (Wildman–Crippen LogP) is 2.49. The van der Waals surface area contributed by atoms with Gasteiger partial charge in [-0.15, -0.1) is 0 Å². The second-order valence-electron chi connectivity index (χ2n) is 2.46. The van der Waals surface area contributed by atoms with Crippen molar-refractivity contribution >= 4 is 18.9 Å². The van der Waals surface area contributed by atoms with Gasteiger partial charge in [0.25, 0.3) is 0 Å². The molecule has 0 aliphatic heterocycles. The quantitative estimate of drug-likeness (QED) is 0.527. The molecule has 2 heteroatoms. The highest BCUT2D eigenvalue weighted by Crippen LogP contribution is 2.18. The lowest BCUT2D eigenvalue weighted by Gasteiger charge is -2.03. The van der Waals surface area contributed by atoms with Gasteiger partial charge in [-0.25, -0.2) is 0 Å². The van der Waals surface area contributed by atoms with Crippen molar-refractivity contribution in [3.63, 3.8) is 0 Å². The van der Waals surface area contributed by atoms with Gasteiger partial charge in [0.05, 0.1) is 0 Å². The molecule has 0 fully saturated rings. The third-order valence-electron chi connectivity index (χ3n) is 1.53. The lowest BCUT2D eigenvalue weighted by molar-refractivity contribution is 0.112. The average Bonchev–Trinajstić information content (AvgIpc) is 2.05. The number of thiol groups is 1. The van der Waals surface area contributed by atoms with Crippen LogP contribution in [0.5, 0.6) is 0 Å². The molecule has 1 nitrogen and oxygen atoms in total. The first-order chi connectivity index (χ1) is 5.24. The van der Waals surface area contributed by atoms with Crippen LogP contribution in [0.1, 0.15) is 28.1 Å². The Morgan fingerprint density at radius 3 is 2.82 bits per heavy atom. The molecule has 0 spiro atoms. The molecule has 1 rings (SSSR count). The van der Waals surface area contributed by atoms with E-state index in [-0.39, 0.29) is 5.25 Å². The van der Waals surface area contributed by atoms with Crippen molar-refractivity contribution in [1.29, 1.82) is 0 Å². The minimum atomic E-state index is 0.190. The van der Waals surface area contributed by atoms with Crippen LogP contribution in [0.25, 0.3) is 0 Å². The van der Waals surface area contributed by atoms with Crippen LogP contribution in [0.15, 0.2) is 24.3 Å². The topological polar surface area (TPSA) is 17.1 Å². The Labute approximate surface area is 71.8 Å². The maximum Gasteiger partial charge on any atom is 0.150 e. The number of rotatable bonds is 2. The number of carbonyl (C=O) groups is 1. The van der Waals surface area contributed by atoms with Crippen molar-refractivity contribution in [2.45, 2.75) is 12.2 Å². The van der Waals surface area contributed by atoms with Gasteiger partial charge in [0.2, 0.25) is 0 Å². The molecule has 0 N–H and O–H groups in total. The van der Waals surface area contributed by atoms with Crippen LogP contribution >= 0.6 is 12.6 Å². The zero-order valence-electron chi connectivity index (χ0n) is 6.32. The van der Waals surface area contributed by atoms with Crippen LogP contribution in [-0.2, 0) is 0 Å². The van der Waals surface area contributed by atoms with Gasteiger partial charge in [0.1, 0.15) is 6.29 Å². The number of aldehydes is 1. The minimum Gasteiger partial charge on any atom is -0.298 e. The first-order valence-electron chi connectivity index (χ1n) is 3.47. The van der Waals surface area contributed by atoms with Gasteiger partial charge < -0.3 is 0 Å². The van der Waals surface area contributed by atoms with Gasteiger partial charge in [0.15, 0.2) is 0 Å². The maximum absolute atomic E-state index is 10.4. The summed E-state index contributed by atoms with van der Waals surface area (Å²) < 4.78 is 0. The van der Waals surface area contributed by atoms with E-state index in [0.717, 1.165) is 11.8 Å². The number of benzene rings is 1. The molecule has 1 atom stereocenters. The van der Waals surface area contributed by atoms with E-state index in [1.807, 2.05) is 25.1 Å². The van der Waals surface area contributed by atoms with Crippen LogP contribution in [0, 0.1) is 0 Å². The van der Waals surface area contributed by atoms with Crippen molar-refractivity contribution in [2.75, 3.05) is 0 Å². The lowest BCUT2D eigenvalue weighted by Crippen LogP contribution is -1.86. The predicted molar refractivity (Wildman–Crippen MR) is 49.2 cm³/mol. The van der Waals surface area contributed by atoms with E-state index in [4.69, 9.17) is 0 Å². The molecule has 58 valence electrons. The summed E-state index contributed by atoms with van der Waals surface area (Å²) in [6.45, 7) is 1.98. The minimum absolute atomic E-state index is 0.190. The third-order valence-corrected chi connectivity index (χ3v) is 1.83. The lowest BCUT2D eigenvalue weighted by atomic mass is 10.1. The molecule has 0 saturated carbocycles. The summed E-state index contributed by atoms with van der Waals surface area (Å²) >= 11 is 4.26. The van der Waals surface area contributed by atoms with Gasteiger partial charge in [0, 0.05) is 10.8 Å². The van der Waals surface area contributed by atoms with Crippen molar-refractivity contribution in [3.8, 4) is 0 Å². The van der Waals surface area contributed by atoms with Crippen LogP contribution < -0.4 is 0 Å². The Bertz CT molecular complexity index is 255. The normalized spacial score (nSPS) is 12.5. The first-order valence-corrected chi connectivity index (χ1v) is 3.99. The Balaban J connectivity index is 3.00. The van der Waals surface area contributed by atoms with Crippen LogP contribution in [0.4, 0.5) is 0 Å². The monoisotopic (exact) mass is 166 g/mol. The van der Waals surface area contributed by atoms with Crippen molar-refractivity contribution in [2.24, 2.45) is 0 Å². The number of hydrogen-bond acceptors (Lipinski definition) is 2. The van der Waals surface area contributed by atoms with Gasteiger partial charge in [-0.05, 0) is 18.6 Å². The van der Waals surface area contributed by atoms with Gasteiger partial charge in [-0.3, -0.25) is 4.79 Å². The van der Waals surface area contributed by atoms with E-state index >= 15 is 0 Å². The standard InChI is InChI=1S/C9H10OS/c1-7(11)9-4-2-3-8(5-9)6-10/h2-7,11H,1H3. The fourth-order valence-electron chi connectivity index (χ4n) is 0.892. The van der Waals surface area contributed by atoms with Crippen molar-refractivity contribution in [3.05, 3.63) is 35.4 Å². The molecular weight excluding hydrogens is 156 g/mol. The molecule has 1 unspecified atom stereocenters. The maximum atomic E-state index is 10.4.